The summed E-state index contributed by atoms with van der Waals surface area (Å²) in [7, 11) is 1.58. The molecule has 0 bridgehead atoms. The van der Waals surface area contributed by atoms with Crippen LogP contribution in [0.5, 0.6) is 5.75 Å². The fourth-order valence-electron chi connectivity index (χ4n) is 1.27. The van der Waals surface area contributed by atoms with Crippen molar-refractivity contribution < 1.29 is 19.4 Å². The molecule has 102 valence electrons. The summed E-state index contributed by atoms with van der Waals surface area (Å²) in [4.78, 5) is 11.1. The smallest absolute Gasteiger partial charge is 0.339 e. The van der Waals surface area contributed by atoms with E-state index in [1.807, 2.05) is 6.92 Å². The van der Waals surface area contributed by atoms with Crippen LogP contribution in [0.15, 0.2) is 46.3 Å². The number of halogens is 1. The maximum absolute atomic E-state index is 11.1. The summed E-state index contributed by atoms with van der Waals surface area (Å²) in [5.74, 6) is 0.569. The lowest BCUT2D eigenvalue weighted by molar-refractivity contribution is 0.0693. The van der Waals surface area contributed by atoms with Gasteiger partial charge in [-0.3, -0.25) is 0 Å². The average molecular weight is 327 g/mol. The molecule has 0 spiro atoms. The molecule has 0 amide bonds. The fraction of sp³-hybridized carbons (Fsp3) is 0.214. The van der Waals surface area contributed by atoms with E-state index < -0.39 is 5.97 Å². The molecule has 0 aliphatic heterocycles. The van der Waals surface area contributed by atoms with E-state index in [2.05, 4.69) is 15.9 Å². The molecule has 5 heteroatoms. The first-order chi connectivity index (χ1) is 8.93. The van der Waals surface area contributed by atoms with Gasteiger partial charge in [-0.25, -0.2) is 4.79 Å². The van der Waals surface area contributed by atoms with Crippen LogP contribution in [-0.2, 0) is 4.74 Å². The van der Waals surface area contributed by atoms with Crippen molar-refractivity contribution in [1.82, 2.24) is 0 Å². The molecule has 0 aliphatic rings. The highest BCUT2D eigenvalue weighted by molar-refractivity contribution is 9.10. The number of carboxylic acids is 1. The molecule has 1 aromatic carbocycles. The Morgan fingerprint density at radius 3 is 2.47 bits per heavy atom. The van der Waals surface area contributed by atoms with E-state index in [0.29, 0.717) is 16.0 Å². The SMILES string of the molecule is CO/C(C)=C/C=C(\C)Oc1ccc(Br)cc1C(=O)O. The number of carbonyl (C=O) groups is 1. The molecule has 1 N–H and O–H groups in total. The Kier molecular flexibility index (Phi) is 5.63. The highest BCUT2D eigenvalue weighted by Gasteiger charge is 2.12. The van der Waals surface area contributed by atoms with Crippen LogP contribution in [0.1, 0.15) is 24.2 Å². The molecule has 0 saturated heterocycles. The van der Waals surface area contributed by atoms with Crippen LogP contribution in [0.25, 0.3) is 0 Å². The van der Waals surface area contributed by atoms with E-state index in [1.165, 1.54) is 6.07 Å². The topological polar surface area (TPSA) is 55.8 Å². The number of methoxy groups -OCH3 is 1. The molecule has 0 radical (unpaired) electrons. The molecule has 0 fully saturated rings. The maximum Gasteiger partial charge on any atom is 0.339 e. The standard InChI is InChI=1S/C14H15BrO4/c1-9(18-3)4-5-10(2)19-13-7-6-11(15)8-12(13)14(16)17/h4-8H,1-3H3,(H,16,17)/b9-4+,10-5+. The quantitative estimate of drug-likeness (QED) is 0.656. The van der Waals surface area contributed by atoms with Gasteiger partial charge in [0.15, 0.2) is 0 Å². The Morgan fingerprint density at radius 1 is 1.26 bits per heavy atom. The van der Waals surface area contributed by atoms with E-state index in [1.54, 1.807) is 38.3 Å². The Hall–Kier alpha value is -1.75. The largest absolute Gasteiger partial charge is 0.501 e. The molecule has 0 saturated carbocycles. The number of aromatic carboxylic acids is 1. The van der Waals surface area contributed by atoms with Crippen molar-refractivity contribution in [2.75, 3.05) is 7.11 Å². The van der Waals surface area contributed by atoms with Crippen molar-refractivity contribution in [2.24, 2.45) is 0 Å². The number of hydrogen-bond donors (Lipinski definition) is 1. The van der Waals surface area contributed by atoms with E-state index in [0.717, 1.165) is 5.76 Å². The van der Waals surface area contributed by atoms with Crippen LogP contribution in [0.2, 0.25) is 0 Å². The molecule has 4 nitrogen and oxygen atoms in total. The molecule has 19 heavy (non-hydrogen) atoms. The molecule has 1 aromatic rings. The zero-order chi connectivity index (χ0) is 14.4. The minimum atomic E-state index is -1.03. The monoisotopic (exact) mass is 326 g/mol. The second kappa shape index (κ2) is 6.99. The molecule has 0 aliphatic carbocycles. The predicted molar refractivity (Wildman–Crippen MR) is 76.3 cm³/mol. The molecule has 0 aromatic heterocycles. The van der Waals surface area contributed by atoms with E-state index in [9.17, 15) is 4.79 Å². The number of hydrogen-bond acceptors (Lipinski definition) is 3. The highest BCUT2D eigenvalue weighted by Crippen LogP contribution is 2.24. The first-order valence-electron chi connectivity index (χ1n) is 5.54. The van der Waals surface area contributed by atoms with Gasteiger partial charge in [-0.2, -0.15) is 0 Å². The summed E-state index contributed by atoms with van der Waals surface area (Å²) in [5, 5.41) is 9.11. The predicted octanol–water partition coefficient (Wildman–Crippen LogP) is 3.98. The molecule has 1 rings (SSSR count). The Morgan fingerprint density at radius 2 is 1.89 bits per heavy atom. The van der Waals surface area contributed by atoms with Gasteiger partial charge >= 0.3 is 5.97 Å². The molecule has 0 unspecified atom stereocenters. The lowest BCUT2D eigenvalue weighted by Gasteiger charge is -2.09. The first kappa shape index (κ1) is 15.3. The van der Waals surface area contributed by atoms with Crippen molar-refractivity contribution >= 4 is 21.9 Å². The fourth-order valence-corrected chi connectivity index (χ4v) is 1.63. The van der Waals surface area contributed by atoms with Crippen molar-refractivity contribution in [1.29, 1.82) is 0 Å². The van der Waals surface area contributed by atoms with Gasteiger partial charge < -0.3 is 14.6 Å². The normalized spacial score (nSPS) is 12.2. The third-order valence-corrected chi connectivity index (χ3v) is 2.81. The second-order valence-corrected chi connectivity index (χ2v) is 4.72. The Balaban J connectivity index is 2.97. The van der Waals surface area contributed by atoms with Crippen LogP contribution in [-0.4, -0.2) is 18.2 Å². The van der Waals surface area contributed by atoms with Crippen LogP contribution in [0.4, 0.5) is 0 Å². The Bertz CT molecular complexity index is 532. The average Bonchev–Trinajstić information content (AvgIpc) is 2.37. The minimum Gasteiger partial charge on any atom is -0.501 e. The third kappa shape index (κ3) is 4.79. The van der Waals surface area contributed by atoms with E-state index >= 15 is 0 Å². The van der Waals surface area contributed by atoms with Gasteiger partial charge in [0.05, 0.1) is 12.9 Å². The van der Waals surface area contributed by atoms with Gasteiger partial charge in [0.2, 0.25) is 0 Å². The summed E-state index contributed by atoms with van der Waals surface area (Å²) in [6.07, 6.45) is 3.46. The zero-order valence-corrected chi connectivity index (χ0v) is 12.5. The molecule has 0 atom stereocenters. The van der Waals surface area contributed by atoms with Gasteiger partial charge in [-0.1, -0.05) is 15.9 Å². The molecule has 0 heterocycles. The summed E-state index contributed by atoms with van der Waals surface area (Å²) in [6.45, 7) is 3.55. The van der Waals surface area contributed by atoms with Crippen molar-refractivity contribution in [3.05, 3.63) is 51.9 Å². The number of ether oxygens (including phenoxy) is 2. The third-order valence-electron chi connectivity index (χ3n) is 2.32. The zero-order valence-electron chi connectivity index (χ0n) is 10.9. The second-order valence-electron chi connectivity index (χ2n) is 3.81. The van der Waals surface area contributed by atoms with Gasteiger partial charge in [-0.15, -0.1) is 0 Å². The molecular formula is C14H15BrO4. The van der Waals surface area contributed by atoms with Gasteiger partial charge in [0.25, 0.3) is 0 Å². The summed E-state index contributed by atoms with van der Waals surface area (Å²) < 4.78 is 11.2. The van der Waals surface area contributed by atoms with Crippen LogP contribution in [0, 0.1) is 0 Å². The van der Waals surface area contributed by atoms with Crippen LogP contribution < -0.4 is 4.74 Å². The first-order valence-corrected chi connectivity index (χ1v) is 6.33. The number of benzene rings is 1. The number of carboxylic acid groups (broad SMARTS) is 1. The van der Waals surface area contributed by atoms with Crippen LogP contribution >= 0.6 is 15.9 Å². The van der Waals surface area contributed by atoms with Crippen LogP contribution in [0.3, 0.4) is 0 Å². The van der Waals surface area contributed by atoms with Crippen molar-refractivity contribution in [3.63, 3.8) is 0 Å². The lowest BCUT2D eigenvalue weighted by atomic mass is 10.2. The van der Waals surface area contributed by atoms with Crippen molar-refractivity contribution in [3.8, 4) is 5.75 Å². The van der Waals surface area contributed by atoms with E-state index in [-0.39, 0.29) is 5.56 Å². The van der Waals surface area contributed by atoms with E-state index in [4.69, 9.17) is 14.6 Å². The summed E-state index contributed by atoms with van der Waals surface area (Å²) >= 11 is 3.23. The summed E-state index contributed by atoms with van der Waals surface area (Å²) in [5.41, 5.74) is 0.106. The van der Waals surface area contributed by atoms with Gasteiger partial charge in [-0.05, 0) is 44.2 Å². The van der Waals surface area contributed by atoms with Crippen molar-refractivity contribution in [2.45, 2.75) is 13.8 Å². The van der Waals surface area contributed by atoms with Gasteiger partial charge in [0, 0.05) is 4.47 Å². The highest BCUT2D eigenvalue weighted by atomic mass is 79.9. The minimum absolute atomic E-state index is 0.106. The molecular weight excluding hydrogens is 312 g/mol. The van der Waals surface area contributed by atoms with Gasteiger partial charge in [0.1, 0.15) is 17.1 Å². The lowest BCUT2D eigenvalue weighted by Crippen LogP contribution is -2.02. The number of rotatable bonds is 5. The maximum atomic E-state index is 11.1. The number of allylic oxidation sites excluding steroid dienone is 4. The summed E-state index contributed by atoms with van der Waals surface area (Å²) in [6, 6.07) is 4.84. The Labute approximate surface area is 120 Å².